The summed E-state index contributed by atoms with van der Waals surface area (Å²) in [5.74, 6) is 0.954. The van der Waals surface area contributed by atoms with Gasteiger partial charge in [-0.25, -0.2) is 4.79 Å². The van der Waals surface area contributed by atoms with Crippen molar-refractivity contribution in [3.05, 3.63) is 71.3 Å². The van der Waals surface area contributed by atoms with E-state index in [1.807, 2.05) is 6.07 Å². The summed E-state index contributed by atoms with van der Waals surface area (Å²) in [6, 6.07) is 15.0. The minimum atomic E-state index is -4.39. The average molecular weight is 604 g/mol. The fourth-order valence-electron chi connectivity index (χ4n) is 7.34. The molecule has 2 heterocycles. The summed E-state index contributed by atoms with van der Waals surface area (Å²) in [7, 11) is 0. The highest BCUT2D eigenvalue weighted by Crippen LogP contribution is 2.39. The van der Waals surface area contributed by atoms with E-state index < -0.39 is 24.1 Å². The van der Waals surface area contributed by atoms with Crippen molar-refractivity contribution < 1.29 is 32.9 Å². The Morgan fingerprint density at radius 2 is 1.60 bits per heavy atom. The van der Waals surface area contributed by atoms with Gasteiger partial charge in [0, 0.05) is 45.2 Å². The van der Waals surface area contributed by atoms with E-state index in [1.54, 1.807) is 0 Å². The van der Waals surface area contributed by atoms with Crippen molar-refractivity contribution in [2.45, 2.75) is 82.0 Å². The molecular formula is C33H44F3N3O4. The van der Waals surface area contributed by atoms with Crippen LogP contribution < -0.4 is 5.32 Å². The van der Waals surface area contributed by atoms with Gasteiger partial charge in [-0.1, -0.05) is 61.7 Å². The van der Waals surface area contributed by atoms with Gasteiger partial charge in [0.2, 0.25) is 0 Å². The number of likely N-dealkylation sites (tertiary alicyclic amines) is 2. The Hall–Kier alpha value is -2.66. The molecule has 3 fully saturated rings. The Morgan fingerprint density at radius 3 is 2.23 bits per heavy atom. The lowest BCUT2D eigenvalue weighted by Crippen LogP contribution is -2.48. The van der Waals surface area contributed by atoms with E-state index in [9.17, 15) is 28.2 Å². The minimum absolute atomic E-state index is 0.0965. The number of ether oxygens (including phenoxy) is 1. The van der Waals surface area contributed by atoms with Gasteiger partial charge in [-0.15, -0.1) is 0 Å². The fourth-order valence-corrected chi connectivity index (χ4v) is 7.34. The Bertz CT molecular complexity index is 1150. The lowest BCUT2D eigenvalue weighted by atomic mass is 9.83. The van der Waals surface area contributed by atoms with Gasteiger partial charge in [-0.3, -0.25) is 4.90 Å². The summed E-state index contributed by atoms with van der Waals surface area (Å²) in [5, 5.41) is 23.5. The molecule has 2 aromatic rings. The fraction of sp³-hybridized carbons (Fsp3) is 0.606. The number of benzene rings is 2. The van der Waals surface area contributed by atoms with Crippen LogP contribution >= 0.6 is 0 Å². The van der Waals surface area contributed by atoms with Crippen LogP contribution in [-0.2, 0) is 17.5 Å². The number of aliphatic hydroxyl groups excluding tert-OH is 1. The first-order valence-corrected chi connectivity index (χ1v) is 15.7. The summed E-state index contributed by atoms with van der Waals surface area (Å²) >= 11 is 0. The second kappa shape index (κ2) is 14.4. The van der Waals surface area contributed by atoms with Gasteiger partial charge >= 0.3 is 12.3 Å². The van der Waals surface area contributed by atoms with Crippen molar-refractivity contribution in [3.8, 4) is 0 Å². The predicted octanol–water partition coefficient (Wildman–Crippen LogP) is 5.37. The first-order chi connectivity index (χ1) is 20.7. The molecule has 0 radical (unpaired) electrons. The van der Waals surface area contributed by atoms with Crippen molar-refractivity contribution in [3.63, 3.8) is 0 Å². The topological polar surface area (TPSA) is 85.3 Å². The first kappa shape index (κ1) is 31.8. The first-order valence-electron chi connectivity index (χ1n) is 15.7. The summed E-state index contributed by atoms with van der Waals surface area (Å²) in [4.78, 5) is 17.1. The molecule has 2 aromatic carbocycles. The van der Waals surface area contributed by atoms with Crippen molar-refractivity contribution in [2.75, 3.05) is 32.7 Å². The third kappa shape index (κ3) is 8.50. The highest BCUT2D eigenvalue weighted by atomic mass is 19.4. The van der Waals surface area contributed by atoms with Crippen LogP contribution in [0.25, 0.3) is 0 Å². The van der Waals surface area contributed by atoms with E-state index in [0.29, 0.717) is 36.2 Å². The quantitative estimate of drug-likeness (QED) is 0.334. The van der Waals surface area contributed by atoms with Crippen molar-refractivity contribution in [2.24, 2.45) is 11.8 Å². The smallest absolute Gasteiger partial charge is 0.416 e. The number of hydrogen-bond donors (Lipinski definition) is 3. The van der Waals surface area contributed by atoms with Crippen LogP contribution in [0.2, 0.25) is 0 Å². The van der Waals surface area contributed by atoms with Gasteiger partial charge in [0.25, 0.3) is 0 Å². The lowest BCUT2D eigenvalue weighted by molar-refractivity contribution is -0.137. The molecule has 236 valence electrons. The molecular weight excluding hydrogens is 559 g/mol. The highest BCUT2D eigenvalue weighted by Gasteiger charge is 2.42. The summed E-state index contributed by atoms with van der Waals surface area (Å²) in [6.45, 7) is 4.21. The third-order valence-corrected chi connectivity index (χ3v) is 9.58. The van der Waals surface area contributed by atoms with E-state index in [-0.39, 0.29) is 18.7 Å². The molecule has 1 amide bonds. The maximum absolute atomic E-state index is 12.8. The Labute approximate surface area is 252 Å². The van der Waals surface area contributed by atoms with Crippen LogP contribution in [0, 0.1) is 11.8 Å². The van der Waals surface area contributed by atoms with Crippen molar-refractivity contribution >= 4 is 6.09 Å². The minimum Gasteiger partial charge on any atom is -0.446 e. The van der Waals surface area contributed by atoms with Crippen LogP contribution in [0.4, 0.5) is 18.0 Å². The second-order valence-corrected chi connectivity index (χ2v) is 12.5. The number of nitrogens with zero attached hydrogens (tertiary/aromatic N) is 2. The van der Waals surface area contributed by atoms with E-state index in [4.69, 9.17) is 4.74 Å². The average Bonchev–Trinajstić information content (AvgIpc) is 3.40. The van der Waals surface area contributed by atoms with Gasteiger partial charge in [-0.2, -0.15) is 13.2 Å². The number of piperidine rings is 1. The number of carbonyl (C=O) groups is 1. The molecule has 2 aliphatic heterocycles. The zero-order chi connectivity index (χ0) is 30.4. The van der Waals surface area contributed by atoms with Gasteiger partial charge in [0.1, 0.15) is 6.10 Å². The molecule has 5 rings (SSSR count). The molecule has 0 unspecified atom stereocenters. The molecule has 10 heteroatoms. The molecule has 0 bridgehead atoms. The van der Waals surface area contributed by atoms with E-state index >= 15 is 0 Å². The molecule has 3 atom stereocenters. The number of carbonyl (C=O) groups excluding carboxylic acids is 1. The molecule has 43 heavy (non-hydrogen) atoms. The molecule has 1 aliphatic carbocycles. The number of rotatable bonds is 9. The molecule has 3 aliphatic rings. The maximum Gasteiger partial charge on any atom is 0.416 e. The molecule has 1 saturated carbocycles. The molecule has 3 N–H and O–H groups in total. The number of halogens is 3. The van der Waals surface area contributed by atoms with Gasteiger partial charge < -0.3 is 25.2 Å². The largest absolute Gasteiger partial charge is 0.446 e. The monoisotopic (exact) mass is 603 g/mol. The number of alkyl carbamates (subject to hydrolysis) is 1. The molecule has 2 saturated heterocycles. The van der Waals surface area contributed by atoms with E-state index in [0.717, 1.165) is 70.5 Å². The Balaban J connectivity index is 1.12. The summed E-state index contributed by atoms with van der Waals surface area (Å²) < 4.78 is 43.9. The highest BCUT2D eigenvalue weighted by molar-refractivity contribution is 5.67. The standard InChI is InChI=1S/C33H44F3N3O4/c34-33(35,36)27-13-11-23(12-14-27)19-37-32(42)43-28-15-17-38(18-16-28)20-26-21-39(22-29(26)24-7-3-1-4-8-24)30(31(40)41)25-9-5-2-6-10-25/h1,3-4,7-8,11-14,25-26,28-31,40-41H,2,5-6,9-10,15-22H2,(H,37,42)/t26-,29+,30+/m0/s1. The van der Waals surface area contributed by atoms with Gasteiger partial charge in [-0.05, 0) is 60.8 Å². The van der Waals surface area contributed by atoms with E-state index in [2.05, 4.69) is 39.4 Å². The number of nitrogens with one attached hydrogen (secondary N) is 1. The SMILES string of the molecule is O=C(NCc1ccc(C(F)(F)F)cc1)OC1CCN(C[C@H]2CN([C@@H](C(O)O)C3CCCCC3)C[C@@H]2c2ccccc2)CC1. The number of amides is 1. The lowest BCUT2D eigenvalue weighted by Gasteiger charge is -2.38. The van der Waals surface area contributed by atoms with E-state index in [1.165, 1.54) is 24.1 Å². The van der Waals surface area contributed by atoms with Crippen LogP contribution in [-0.4, -0.2) is 77.3 Å². The summed E-state index contributed by atoms with van der Waals surface area (Å²) in [5.41, 5.74) is 1.13. The van der Waals surface area contributed by atoms with Crippen LogP contribution in [0.3, 0.4) is 0 Å². The van der Waals surface area contributed by atoms with Crippen LogP contribution in [0.5, 0.6) is 0 Å². The normalized spacial score (nSPS) is 23.9. The predicted molar refractivity (Wildman–Crippen MR) is 157 cm³/mol. The second-order valence-electron chi connectivity index (χ2n) is 12.5. The number of alkyl halides is 3. The Kier molecular flexibility index (Phi) is 10.6. The van der Waals surface area contributed by atoms with Crippen molar-refractivity contribution in [1.82, 2.24) is 15.1 Å². The Morgan fingerprint density at radius 1 is 0.930 bits per heavy atom. The number of hydrogen-bond acceptors (Lipinski definition) is 6. The molecule has 7 nitrogen and oxygen atoms in total. The zero-order valence-electron chi connectivity index (χ0n) is 24.6. The zero-order valence-corrected chi connectivity index (χ0v) is 24.6. The maximum atomic E-state index is 12.8. The van der Waals surface area contributed by atoms with Crippen LogP contribution in [0.15, 0.2) is 54.6 Å². The number of aliphatic hydroxyl groups is 2. The van der Waals surface area contributed by atoms with Gasteiger partial charge in [0.15, 0.2) is 6.29 Å². The van der Waals surface area contributed by atoms with Crippen molar-refractivity contribution in [1.29, 1.82) is 0 Å². The molecule has 0 aromatic heterocycles. The third-order valence-electron chi connectivity index (χ3n) is 9.58. The molecule has 0 spiro atoms. The summed E-state index contributed by atoms with van der Waals surface area (Å²) in [6.07, 6.45) is 0.514. The van der Waals surface area contributed by atoms with Gasteiger partial charge in [0.05, 0.1) is 11.6 Å². The van der Waals surface area contributed by atoms with Crippen LogP contribution in [0.1, 0.15) is 67.6 Å².